The Morgan fingerprint density at radius 1 is 0.473 bits per heavy atom. The Balaban J connectivity index is 4.08. The number of hydrogen-bond acceptors (Lipinski definition) is 6. The fraction of sp³-hybridized carbons (Fsp3) is 0.936. The fourth-order valence-electron chi connectivity index (χ4n) is 7.33. The predicted octanol–water partition coefficient (Wildman–Crippen LogP) is 12.9. The van der Waals surface area contributed by atoms with E-state index in [9.17, 15) is 19.5 Å². The summed E-state index contributed by atoms with van der Waals surface area (Å²) in [5.41, 5.74) is 0. The molecule has 0 saturated heterocycles. The maximum Gasteiger partial charge on any atom is 0.362 e. The fourth-order valence-corrected chi connectivity index (χ4v) is 7.33. The summed E-state index contributed by atoms with van der Waals surface area (Å²) in [6.07, 6.45) is 40.2. The zero-order chi connectivity index (χ0) is 40.7. The van der Waals surface area contributed by atoms with Gasteiger partial charge < -0.3 is 23.8 Å². The molecular formula is C47H92NO7+. The van der Waals surface area contributed by atoms with Crippen molar-refractivity contribution in [3.63, 3.8) is 0 Å². The number of carbonyl (C=O) groups excluding carboxylic acids is 2. The van der Waals surface area contributed by atoms with E-state index in [1.165, 1.54) is 161 Å². The topological polar surface area (TPSA) is 99.1 Å². The third kappa shape index (κ3) is 37.7. The largest absolute Gasteiger partial charge is 0.477 e. The second-order valence-corrected chi connectivity index (χ2v) is 17.4. The molecule has 2 unspecified atom stereocenters. The Hall–Kier alpha value is -1.67. The normalized spacial score (nSPS) is 12.8. The molecule has 0 spiro atoms. The Kier molecular flexibility index (Phi) is 38.0. The van der Waals surface area contributed by atoms with Gasteiger partial charge in [0.2, 0.25) is 0 Å². The van der Waals surface area contributed by atoms with Gasteiger partial charge in [0.25, 0.3) is 0 Å². The predicted molar refractivity (Wildman–Crippen MR) is 229 cm³/mol. The van der Waals surface area contributed by atoms with Gasteiger partial charge in [0.1, 0.15) is 6.61 Å². The molecule has 0 aliphatic carbocycles. The first kappa shape index (κ1) is 53.3. The molecule has 0 heterocycles. The summed E-state index contributed by atoms with van der Waals surface area (Å²) < 4.78 is 17.3. The Labute approximate surface area is 340 Å². The highest BCUT2D eigenvalue weighted by Crippen LogP contribution is 2.17. The molecule has 0 aromatic heterocycles. The lowest BCUT2D eigenvalue weighted by molar-refractivity contribution is -0.887. The number of quaternary nitrogens is 1. The number of likely N-dealkylation sites (N-methyl/N-ethyl adjacent to an activating group) is 1. The lowest BCUT2D eigenvalue weighted by Gasteiger charge is -2.31. The molecule has 1 N–H and O–H groups in total. The zero-order valence-corrected chi connectivity index (χ0v) is 37.2. The van der Waals surface area contributed by atoms with Gasteiger partial charge in [-0.1, -0.05) is 200 Å². The summed E-state index contributed by atoms with van der Waals surface area (Å²) in [7, 11) is 5.53. The van der Waals surface area contributed by atoms with E-state index in [0.717, 1.165) is 38.5 Å². The van der Waals surface area contributed by atoms with Gasteiger partial charge in [-0.2, -0.15) is 0 Å². The van der Waals surface area contributed by atoms with E-state index in [0.29, 0.717) is 19.3 Å². The van der Waals surface area contributed by atoms with E-state index in [4.69, 9.17) is 14.2 Å². The van der Waals surface area contributed by atoms with Crippen LogP contribution in [-0.4, -0.2) is 80.6 Å². The number of carboxylic acids is 1. The third-order valence-corrected chi connectivity index (χ3v) is 11.0. The molecule has 0 radical (unpaired) electrons. The molecule has 0 aliphatic heterocycles. The molecule has 0 rings (SSSR count). The molecule has 0 saturated carbocycles. The van der Waals surface area contributed by atoms with Gasteiger partial charge in [-0.3, -0.25) is 9.59 Å². The highest BCUT2D eigenvalue weighted by molar-refractivity contribution is 5.72. The minimum absolute atomic E-state index is 0.0430. The molecule has 0 fully saturated rings. The molecule has 0 amide bonds. The highest BCUT2D eigenvalue weighted by atomic mass is 16.6. The summed E-state index contributed by atoms with van der Waals surface area (Å²) >= 11 is 0. The van der Waals surface area contributed by atoms with Gasteiger partial charge in [0.05, 0.1) is 34.4 Å². The van der Waals surface area contributed by atoms with Crippen LogP contribution in [0.1, 0.15) is 232 Å². The van der Waals surface area contributed by atoms with Crippen LogP contribution in [0.4, 0.5) is 0 Å². The van der Waals surface area contributed by atoms with Crippen molar-refractivity contribution in [2.75, 3.05) is 41.0 Å². The van der Waals surface area contributed by atoms with Crippen LogP contribution in [0.2, 0.25) is 0 Å². The molecule has 55 heavy (non-hydrogen) atoms. The lowest BCUT2D eigenvalue weighted by atomic mass is 10.0. The Morgan fingerprint density at radius 2 is 0.800 bits per heavy atom. The maximum atomic E-state index is 12.7. The summed E-state index contributed by atoms with van der Waals surface area (Å²) in [6, 6.07) is -0.607. The second kappa shape index (κ2) is 39.2. The minimum atomic E-state index is -0.871. The number of nitrogens with zero attached hydrogens (tertiary/aromatic N) is 1. The standard InChI is InChI=1S/C47H91NO7/c1-6-8-10-12-14-16-17-18-19-20-21-22-23-24-25-26-27-28-29-30-32-34-36-38-46(50)55-43(41-53-40-39-44(47(51)52)48(3,4)5)42-54-45(49)37-35-33-31-15-13-11-9-7-2/h43-44H,6-42H2,1-5H3/p+1. The molecule has 0 aromatic rings. The molecule has 2 atom stereocenters. The van der Waals surface area contributed by atoms with Crippen LogP contribution in [-0.2, 0) is 28.6 Å². The van der Waals surface area contributed by atoms with Crippen LogP contribution >= 0.6 is 0 Å². The van der Waals surface area contributed by atoms with Gasteiger partial charge in [0.15, 0.2) is 12.1 Å². The quantitative estimate of drug-likeness (QED) is 0.0373. The smallest absolute Gasteiger partial charge is 0.362 e. The van der Waals surface area contributed by atoms with E-state index in [-0.39, 0.29) is 36.2 Å². The number of hydrogen-bond donors (Lipinski definition) is 1. The van der Waals surface area contributed by atoms with E-state index in [1.54, 1.807) is 0 Å². The van der Waals surface area contributed by atoms with E-state index in [2.05, 4.69) is 13.8 Å². The van der Waals surface area contributed by atoms with Crippen molar-refractivity contribution in [3.8, 4) is 0 Å². The van der Waals surface area contributed by atoms with Crippen molar-refractivity contribution in [2.24, 2.45) is 0 Å². The van der Waals surface area contributed by atoms with Crippen molar-refractivity contribution in [1.29, 1.82) is 0 Å². The first-order valence-corrected chi connectivity index (χ1v) is 23.6. The molecule has 8 heteroatoms. The molecule has 326 valence electrons. The van der Waals surface area contributed by atoms with Crippen LogP contribution in [0, 0.1) is 0 Å². The van der Waals surface area contributed by atoms with Gasteiger partial charge >= 0.3 is 17.9 Å². The molecule has 0 aliphatic rings. The first-order valence-electron chi connectivity index (χ1n) is 23.6. The third-order valence-electron chi connectivity index (χ3n) is 11.0. The van der Waals surface area contributed by atoms with Crippen LogP contribution in [0.5, 0.6) is 0 Å². The summed E-state index contributed by atoms with van der Waals surface area (Å²) in [5.74, 6) is -1.45. The van der Waals surface area contributed by atoms with Crippen molar-refractivity contribution in [3.05, 3.63) is 0 Å². The van der Waals surface area contributed by atoms with Crippen molar-refractivity contribution in [2.45, 2.75) is 244 Å². The van der Waals surface area contributed by atoms with Gasteiger partial charge in [-0.25, -0.2) is 4.79 Å². The monoisotopic (exact) mass is 783 g/mol. The van der Waals surface area contributed by atoms with Crippen molar-refractivity contribution < 1.29 is 38.2 Å². The highest BCUT2D eigenvalue weighted by Gasteiger charge is 2.31. The van der Waals surface area contributed by atoms with Gasteiger partial charge in [-0.05, 0) is 12.8 Å². The Bertz CT molecular complexity index is 874. The summed E-state index contributed by atoms with van der Waals surface area (Å²) in [5, 5.41) is 9.60. The molecule has 0 aromatic carbocycles. The number of carboxylic acid groups (broad SMARTS) is 1. The SMILES string of the molecule is CCCCCCCCCCCCCCCCCCCCCCCCCC(=O)OC(COCCC(C(=O)O)[N+](C)(C)C)COC(=O)CCCCCCCCCC. The average Bonchev–Trinajstić information content (AvgIpc) is 3.14. The van der Waals surface area contributed by atoms with Crippen molar-refractivity contribution >= 4 is 17.9 Å². The van der Waals surface area contributed by atoms with Gasteiger partial charge in [-0.15, -0.1) is 0 Å². The number of aliphatic carboxylic acids is 1. The zero-order valence-electron chi connectivity index (χ0n) is 37.2. The van der Waals surface area contributed by atoms with Crippen LogP contribution in [0.15, 0.2) is 0 Å². The minimum Gasteiger partial charge on any atom is -0.477 e. The average molecular weight is 783 g/mol. The van der Waals surface area contributed by atoms with Crippen LogP contribution in [0.25, 0.3) is 0 Å². The van der Waals surface area contributed by atoms with Crippen LogP contribution < -0.4 is 0 Å². The lowest BCUT2D eigenvalue weighted by Crippen LogP contribution is -2.50. The van der Waals surface area contributed by atoms with E-state index in [1.807, 2.05) is 21.1 Å². The summed E-state index contributed by atoms with van der Waals surface area (Å²) in [4.78, 5) is 36.9. The van der Waals surface area contributed by atoms with Crippen molar-refractivity contribution in [1.82, 2.24) is 0 Å². The van der Waals surface area contributed by atoms with E-state index < -0.39 is 18.1 Å². The maximum absolute atomic E-state index is 12.7. The summed E-state index contributed by atoms with van der Waals surface area (Å²) in [6.45, 7) is 4.75. The number of ether oxygens (including phenoxy) is 3. The second-order valence-electron chi connectivity index (χ2n) is 17.4. The molecular weight excluding hydrogens is 691 g/mol. The van der Waals surface area contributed by atoms with Gasteiger partial charge in [0, 0.05) is 19.3 Å². The molecule has 8 nitrogen and oxygen atoms in total. The Morgan fingerprint density at radius 3 is 1.13 bits per heavy atom. The number of carbonyl (C=O) groups is 3. The number of unbranched alkanes of at least 4 members (excludes halogenated alkanes) is 29. The number of esters is 2. The van der Waals surface area contributed by atoms with Crippen LogP contribution in [0.3, 0.4) is 0 Å². The van der Waals surface area contributed by atoms with E-state index >= 15 is 0 Å². The molecule has 0 bridgehead atoms. The first-order chi connectivity index (χ1) is 26.6. The number of rotatable bonds is 43.